The first kappa shape index (κ1) is 27.4. The number of carbonyl (C=O) groups is 1. The van der Waals surface area contributed by atoms with Gasteiger partial charge >= 0.3 is 0 Å². The Morgan fingerprint density at radius 1 is 1.02 bits per heavy atom. The van der Waals surface area contributed by atoms with Crippen LogP contribution >= 0.6 is 0 Å². The molecule has 3 aromatic carbocycles. The van der Waals surface area contributed by atoms with E-state index in [4.69, 9.17) is 9.84 Å². The minimum Gasteiger partial charge on any atom is -0.494 e. The summed E-state index contributed by atoms with van der Waals surface area (Å²) in [5.41, 5.74) is 4.31. The first-order chi connectivity index (χ1) is 19.4. The lowest BCUT2D eigenvalue weighted by Gasteiger charge is -2.27. The van der Waals surface area contributed by atoms with Crippen LogP contribution in [0, 0.1) is 0 Å². The molecule has 206 valence electrons. The van der Waals surface area contributed by atoms with Gasteiger partial charge in [-0.05, 0) is 48.7 Å². The molecule has 1 aromatic heterocycles. The van der Waals surface area contributed by atoms with Gasteiger partial charge in [0.1, 0.15) is 5.75 Å². The normalized spacial score (nSPS) is 16.3. The fraction of sp³-hybridized carbons (Fsp3) is 0.250. The van der Waals surface area contributed by atoms with Crippen LogP contribution in [0.15, 0.2) is 97.2 Å². The Morgan fingerprint density at radius 2 is 1.73 bits per heavy atom. The zero-order valence-corrected chi connectivity index (χ0v) is 23.3. The number of benzene rings is 3. The van der Waals surface area contributed by atoms with Crippen molar-refractivity contribution in [2.24, 2.45) is 0 Å². The van der Waals surface area contributed by atoms with E-state index in [-0.39, 0.29) is 23.5 Å². The van der Waals surface area contributed by atoms with Crippen LogP contribution < -0.4 is 4.74 Å². The van der Waals surface area contributed by atoms with Crippen molar-refractivity contribution in [1.82, 2.24) is 14.7 Å². The average Bonchev–Trinajstić information content (AvgIpc) is 3.58. The number of hydrogen-bond acceptors (Lipinski definition) is 5. The molecule has 0 aliphatic carbocycles. The van der Waals surface area contributed by atoms with Gasteiger partial charge in [0, 0.05) is 36.0 Å². The van der Waals surface area contributed by atoms with Crippen LogP contribution in [0.5, 0.6) is 5.75 Å². The maximum absolute atomic E-state index is 13.6. The number of rotatable bonds is 10. The highest BCUT2D eigenvalue weighted by atomic mass is 32.2. The van der Waals surface area contributed by atoms with Gasteiger partial charge in [-0.1, -0.05) is 67.6 Å². The molecule has 0 saturated carbocycles. The summed E-state index contributed by atoms with van der Waals surface area (Å²) < 4.78 is 32.1. The molecule has 40 heavy (non-hydrogen) atoms. The third-order valence-corrected chi connectivity index (χ3v) is 8.65. The zero-order valence-electron chi connectivity index (χ0n) is 22.5. The molecule has 1 saturated heterocycles. The number of amides is 1. The fourth-order valence-electron chi connectivity index (χ4n) is 4.82. The number of sulfone groups is 1. The summed E-state index contributed by atoms with van der Waals surface area (Å²) in [7, 11) is -3.17. The van der Waals surface area contributed by atoms with Crippen LogP contribution in [0.25, 0.3) is 23.0 Å². The van der Waals surface area contributed by atoms with E-state index in [1.807, 2.05) is 91.1 Å². The largest absolute Gasteiger partial charge is 0.494 e. The van der Waals surface area contributed by atoms with Crippen LogP contribution in [-0.2, 0) is 21.2 Å². The van der Waals surface area contributed by atoms with Gasteiger partial charge in [0.25, 0.3) is 0 Å². The summed E-state index contributed by atoms with van der Waals surface area (Å²) in [5.74, 6) is 0.609. The van der Waals surface area contributed by atoms with Crippen molar-refractivity contribution < 1.29 is 17.9 Å². The highest BCUT2D eigenvalue weighted by Crippen LogP contribution is 2.26. The quantitative estimate of drug-likeness (QED) is 0.240. The van der Waals surface area contributed by atoms with Crippen LogP contribution in [-0.4, -0.2) is 53.2 Å². The Hall–Kier alpha value is -4.17. The fourth-order valence-corrected chi connectivity index (χ4v) is 6.55. The summed E-state index contributed by atoms with van der Waals surface area (Å²) in [4.78, 5) is 15.3. The number of aromatic nitrogens is 2. The van der Waals surface area contributed by atoms with Gasteiger partial charge in [-0.25, -0.2) is 13.1 Å². The van der Waals surface area contributed by atoms with E-state index in [0.29, 0.717) is 19.6 Å². The minimum absolute atomic E-state index is 0.0223. The Balaban J connectivity index is 1.43. The highest BCUT2D eigenvalue weighted by Gasteiger charge is 2.34. The Morgan fingerprint density at radius 3 is 2.38 bits per heavy atom. The molecular weight excluding hydrogens is 522 g/mol. The van der Waals surface area contributed by atoms with Crippen molar-refractivity contribution in [1.29, 1.82) is 0 Å². The van der Waals surface area contributed by atoms with Crippen molar-refractivity contribution >= 4 is 21.8 Å². The first-order valence-electron chi connectivity index (χ1n) is 13.5. The molecular formula is C32H33N3O4S. The molecule has 8 heteroatoms. The van der Waals surface area contributed by atoms with Crippen molar-refractivity contribution in [2.75, 3.05) is 18.1 Å². The molecule has 0 bridgehead atoms. The lowest BCUT2D eigenvalue weighted by atomic mass is 10.1. The summed E-state index contributed by atoms with van der Waals surface area (Å²) >= 11 is 0. The molecule has 2 heterocycles. The number of carbonyl (C=O) groups excluding carboxylic acids is 1. The summed E-state index contributed by atoms with van der Waals surface area (Å²) in [5, 5.41) is 4.82. The van der Waals surface area contributed by atoms with E-state index in [9.17, 15) is 13.2 Å². The average molecular weight is 556 g/mol. The molecule has 1 unspecified atom stereocenters. The van der Waals surface area contributed by atoms with E-state index in [1.54, 1.807) is 15.7 Å². The molecule has 1 amide bonds. The van der Waals surface area contributed by atoms with Crippen molar-refractivity contribution in [3.05, 3.63) is 108 Å². The highest BCUT2D eigenvalue weighted by molar-refractivity contribution is 7.91. The third kappa shape index (κ3) is 6.69. The molecule has 7 nitrogen and oxygen atoms in total. The van der Waals surface area contributed by atoms with Gasteiger partial charge in [0.05, 0.1) is 29.5 Å². The molecule has 1 aliphatic rings. The topological polar surface area (TPSA) is 81.5 Å². The minimum atomic E-state index is -3.17. The number of hydrogen-bond donors (Lipinski definition) is 0. The second-order valence-electron chi connectivity index (χ2n) is 9.93. The smallest absolute Gasteiger partial charge is 0.247 e. The Kier molecular flexibility index (Phi) is 8.45. The summed E-state index contributed by atoms with van der Waals surface area (Å²) in [6.45, 7) is 3.00. The zero-order chi connectivity index (χ0) is 28.0. The monoisotopic (exact) mass is 555 g/mol. The Bertz CT molecular complexity index is 1560. The third-order valence-electron chi connectivity index (χ3n) is 6.90. The van der Waals surface area contributed by atoms with Crippen molar-refractivity contribution in [3.8, 4) is 22.7 Å². The maximum Gasteiger partial charge on any atom is 0.247 e. The summed E-state index contributed by atoms with van der Waals surface area (Å²) in [6, 6.07) is 26.9. The predicted molar refractivity (Wildman–Crippen MR) is 158 cm³/mol. The van der Waals surface area contributed by atoms with Gasteiger partial charge in [-0.15, -0.1) is 0 Å². The first-order valence-corrected chi connectivity index (χ1v) is 15.4. The van der Waals surface area contributed by atoms with E-state index < -0.39 is 9.84 Å². The van der Waals surface area contributed by atoms with E-state index >= 15 is 0 Å². The van der Waals surface area contributed by atoms with E-state index in [2.05, 4.69) is 6.92 Å². The molecule has 4 aromatic rings. The second kappa shape index (κ2) is 12.3. The van der Waals surface area contributed by atoms with Crippen LogP contribution in [0.1, 0.15) is 30.9 Å². The second-order valence-corrected chi connectivity index (χ2v) is 12.2. The van der Waals surface area contributed by atoms with Crippen molar-refractivity contribution in [3.63, 3.8) is 0 Å². The lowest BCUT2D eigenvalue weighted by Crippen LogP contribution is -2.39. The van der Waals surface area contributed by atoms with Gasteiger partial charge in [0.2, 0.25) is 5.91 Å². The number of nitrogens with zero attached hydrogens (tertiary/aromatic N) is 3. The van der Waals surface area contributed by atoms with Crippen molar-refractivity contribution in [2.45, 2.75) is 32.4 Å². The van der Waals surface area contributed by atoms with Crippen LogP contribution in [0.2, 0.25) is 0 Å². The van der Waals surface area contributed by atoms with Crippen LogP contribution in [0.3, 0.4) is 0 Å². The number of para-hydroxylation sites is 1. The standard InChI is InChI=1S/C32H33N3O4S/c1-2-20-39-30-16-13-25(14-17-30)22-34(29-19-21-40(37,38)24-29)31(36)18-15-27-23-35(28-11-7-4-8-12-28)33-32(27)26-9-5-3-6-10-26/h3-18,23,29H,2,19-22,24H2,1H3/b18-15+. The predicted octanol–water partition coefficient (Wildman–Crippen LogP) is 5.56. The van der Waals surface area contributed by atoms with Gasteiger partial charge in [0.15, 0.2) is 9.84 Å². The molecule has 0 N–H and O–H groups in total. The van der Waals surface area contributed by atoms with E-state index in [1.165, 1.54) is 6.08 Å². The van der Waals surface area contributed by atoms with Gasteiger partial charge in [-0.3, -0.25) is 4.79 Å². The SMILES string of the molecule is CCCOc1ccc(CN(C(=O)/C=C/c2cn(-c3ccccc3)nc2-c2ccccc2)C2CCS(=O)(=O)C2)cc1. The van der Waals surface area contributed by atoms with Gasteiger partial charge in [-0.2, -0.15) is 5.10 Å². The molecule has 1 fully saturated rings. The summed E-state index contributed by atoms with van der Waals surface area (Å²) in [6.07, 6.45) is 6.56. The van der Waals surface area contributed by atoms with E-state index in [0.717, 1.165) is 40.2 Å². The maximum atomic E-state index is 13.6. The number of ether oxygens (including phenoxy) is 1. The van der Waals surface area contributed by atoms with Crippen LogP contribution in [0.4, 0.5) is 0 Å². The molecule has 0 spiro atoms. The van der Waals surface area contributed by atoms with Gasteiger partial charge < -0.3 is 9.64 Å². The lowest BCUT2D eigenvalue weighted by molar-refractivity contribution is -0.128. The molecule has 1 aliphatic heterocycles. The molecule has 0 radical (unpaired) electrons. The molecule has 5 rings (SSSR count). The molecule has 1 atom stereocenters. The Labute approximate surface area is 235 Å².